The quantitative estimate of drug-likeness (QED) is 0.751. The summed E-state index contributed by atoms with van der Waals surface area (Å²) in [5.41, 5.74) is 4.57. The topological polar surface area (TPSA) is 32.3 Å². The Balaban J connectivity index is 3.03. The molecule has 0 aliphatic heterocycles. The maximum Gasteiger partial charge on any atom is 0.112 e. The standard InChI is InChI=1S/C18H30FNO/c1-6-16(19)10-20-9-15-7-14(12(2)3)8-17(13(4)5)18(15)11-21/h7-8,12-13,16,20-21H,6,9-11H2,1-5H3. The fourth-order valence-corrected chi connectivity index (χ4v) is 2.49. The van der Waals surface area contributed by atoms with Crippen LogP contribution in [-0.4, -0.2) is 17.8 Å². The van der Waals surface area contributed by atoms with Crippen LogP contribution < -0.4 is 5.32 Å². The van der Waals surface area contributed by atoms with Crippen LogP contribution >= 0.6 is 0 Å². The van der Waals surface area contributed by atoms with Crippen molar-refractivity contribution in [1.82, 2.24) is 5.32 Å². The molecule has 1 unspecified atom stereocenters. The third-order valence-corrected chi connectivity index (χ3v) is 3.97. The molecule has 1 atom stereocenters. The lowest BCUT2D eigenvalue weighted by Gasteiger charge is -2.20. The zero-order valence-electron chi connectivity index (χ0n) is 14.0. The van der Waals surface area contributed by atoms with Crippen LogP contribution in [0, 0.1) is 0 Å². The van der Waals surface area contributed by atoms with Gasteiger partial charge in [-0.15, -0.1) is 0 Å². The smallest absolute Gasteiger partial charge is 0.112 e. The molecule has 1 aromatic carbocycles. The normalized spacial score (nSPS) is 13.2. The first kappa shape index (κ1) is 18.1. The number of rotatable bonds is 8. The van der Waals surface area contributed by atoms with Crippen molar-refractivity contribution in [2.45, 2.75) is 72.2 Å². The molecule has 1 rings (SSSR count). The fraction of sp³-hybridized carbons (Fsp3) is 0.667. The van der Waals surface area contributed by atoms with E-state index in [1.165, 1.54) is 11.1 Å². The third-order valence-electron chi connectivity index (χ3n) is 3.97. The maximum atomic E-state index is 13.3. The lowest BCUT2D eigenvalue weighted by atomic mass is 9.88. The number of aliphatic hydroxyl groups excluding tert-OH is 1. The van der Waals surface area contributed by atoms with Crippen LogP contribution in [0.2, 0.25) is 0 Å². The van der Waals surface area contributed by atoms with Crippen LogP contribution in [0.5, 0.6) is 0 Å². The molecule has 2 nitrogen and oxygen atoms in total. The van der Waals surface area contributed by atoms with E-state index in [0.717, 1.165) is 11.1 Å². The summed E-state index contributed by atoms with van der Waals surface area (Å²) in [6.45, 7) is 11.5. The Morgan fingerprint density at radius 3 is 2.29 bits per heavy atom. The summed E-state index contributed by atoms with van der Waals surface area (Å²) < 4.78 is 13.3. The van der Waals surface area contributed by atoms with Crippen molar-refractivity contribution in [3.63, 3.8) is 0 Å². The first-order valence-corrected chi connectivity index (χ1v) is 8.01. The molecule has 0 saturated heterocycles. The molecule has 0 amide bonds. The molecule has 2 N–H and O–H groups in total. The van der Waals surface area contributed by atoms with E-state index in [4.69, 9.17) is 0 Å². The Kier molecular flexibility index (Phi) is 7.33. The molecule has 120 valence electrons. The Hall–Kier alpha value is -0.930. The van der Waals surface area contributed by atoms with Gasteiger partial charge in [-0.25, -0.2) is 4.39 Å². The second kappa shape index (κ2) is 8.50. The van der Waals surface area contributed by atoms with E-state index in [1.54, 1.807) is 0 Å². The Labute approximate surface area is 128 Å². The molecule has 0 radical (unpaired) electrons. The number of nitrogens with one attached hydrogen (secondary N) is 1. The molecule has 0 aromatic heterocycles. The molecule has 21 heavy (non-hydrogen) atoms. The minimum Gasteiger partial charge on any atom is -0.392 e. The zero-order chi connectivity index (χ0) is 16.0. The Morgan fingerprint density at radius 1 is 1.14 bits per heavy atom. The first-order chi connectivity index (χ1) is 9.90. The van der Waals surface area contributed by atoms with E-state index >= 15 is 0 Å². The molecular formula is C18H30FNO. The largest absolute Gasteiger partial charge is 0.392 e. The Morgan fingerprint density at radius 2 is 1.81 bits per heavy atom. The molecule has 0 aliphatic rings. The van der Waals surface area contributed by atoms with Crippen molar-refractivity contribution in [2.75, 3.05) is 6.54 Å². The minimum atomic E-state index is -0.805. The maximum absolute atomic E-state index is 13.3. The summed E-state index contributed by atoms with van der Waals surface area (Å²) in [6, 6.07) is 4.35. The highest BCUT2D eigenvalue weighted by atomic mass is 19.1. The van der Waals surface area contributed by atoms with E-state index in [1.807, 2.05) is 6.92 Å². The van der Waals surface area contributed by atoms with Gasteiger partial charge in [-0.2, -0.15) is 0 Å². The highest BCUT2D eigenvalue weighted by Gasteiger charge is 2.14. The lowest BCUT2D eigenvalue weighted by molar-refractivity contribution is 0.277. The average Bonchev–Trinajstić information content (AvgIpc) is 2.45. The summed E-state index contributed by atoms with van der Waals surface area (Å²) in [4.78, 5) is 0. The van der Waals surface area contributed by atoms with Crippen molar-refractivity contribution in [2.24, 2.45) is 0 Å². The van der Waals surface area contributed by atoms with E-state index in [2.05, 4.69) is 45.1 Å². The minimum absolute atomic E-state index is 0.0374. The number of halogens is 1. The lowest BCUT2D eigenvalue weighted by Crippen LogP contribution is -2.24. The molecule has 0 saturated carbocycles. The number of aliphatic hydroxyl groups is 1. The first-order valence-electron chi connectivity index (χ1n) is 8.01. The van der Waals surface area contributed by atoms with Gasteiger partial charge in [0, 0.05) is 13.1 Å². The number of hydrogen-bond donors (Lipinski definition) is 2. The van der Waals surface area contributed by atoms with Gasteiger partial charge in [-0.05, 0) is 40.5 Å². The summed E-state index contributed by atoms with van der Waals surface area (Å²) in [5.74, 6) is 0.813. The molecule has 0 bridgehead atoms. The Bertz CT molecular complexity index is 443. The molecule has 1 aromatic rings. The van der Waals surface area contributed by atoms with Crippen LogP contribution in [-0.2, 0) is 13.2 Å². The monoisotopic (exact) mass is 295 g/mol. The highest BCUT2D eigenvalue weighted by Crippen LogP contribution is 2.28. The second-order valence-corrected chi connectivity index (χ2v) is 6.35. The summed E-state index contributed by atoms with van der Waals surface area (Å²) in [6.07, 6.45) is -0.274. The van der Waals surface area contributed by atoms with Gasteiger partial charge in [-0.1, -0.05) is 46.8 Å². The summed E-state index contributed by atoms with van der Waals surface area (Å²) in [7, 11) is 0. The van der Waals surface area contributed by atoms with Crippen molar-refractivity contribution in [3.8, 4) is 0 Å². The zero-order valence-corrected chi connectivity index (χ0v) is 14.0. The van der Waals surface area contributed by atoms with Crippen molar-refractivity contribution >= 4 is 0 Å². The van der Waals surface area contributed by atoms with Crippen LogP contribution in [0.15, 0.2) is 12.1 Å². The summed E-state index contributed by atoms with van der Waals surface area (Å²) >= 11 is 0. The molecular weight excluding hydrogens is 265 g/mol. The van der Waals surface area contributed by atoms with Gasteiger partial charge in [0.05, 0.1) is 6.61 Å². The van der Waals surface area contributed by atoms with Gasteiger partial charge >= 0.3 is 0 Å². The summed E-state index contributed by atoms with van der Waals surface area (Å²) in [5, 5.41) is 12.9. The van der Waals surface area contributed by atoms with Crippen LogP contribution in [0.3, 0.4) is 0 Å². The van der Waals surface area contributed by atoms with Gasteiger partial charge in [0.1, 0.15) is 6.17 Å². The van der Waals surface area contributed by atoms with Crippen molar-refractivity contribution in [1.29, 1.82) is 0 Å². The van der Waals surface area contributed by atoms with Crippen LogP contribution in [0.25, 0.3) is 0 Å². The predicted octanol–water partition coefficient (Wildman–Crippen LogP) is 4.26. The van der Waals surface area contributed by atoms with Gasteiger partial charge in [0.15, 0.2) is 0 Å². The van der Waals surface area contributed by atoms with E-state index in [0.29, 0.717) is 31.3 Å². The van der Waals surface area contributed by atoms with Crippen LogP contribution in [0.1, 0.15) is 75.1 Å². The van der Waals surface area contributed by atoms with E-state index < -0.39 is 6.17 Å². The van der Waals surface area contributed by atoms with Gasteiger partial charge in [0.2, 0.25) is 0 Å². The molecule has 0 heterocycles. The highest BCUT2D eigenvalue weighted by molar-refractivity contribution is 5.41. The average molecular weight is 295 g/mol. The second-order valence-electron chi connectivity index (χ2n) is 6.35. The molecule has 0 spiro atoms. The fourth-order valence-electron chi connectivity index (χ4n) is 2.49. The van der Waals surface area contributed by atoms with Gasteiger partial charge in [-0.3, -0.25) is 0 Å². The molecule has 0 fully saturated rings. The van der Waals surface area contributed by atoms with E-state index in [-0.39, 0.29) is 6.61 Å². The van der Waals surface area contributed by atoms with Gasteiger partial charge < -0.3 is 10.4 Å². The SMILES string of the molecule is CCC(F)CNCc1cc(C(C)C)cc(C(C)C)c1CO. The van der Waals surface area contributed by atoms with Gasteiger partial charge in [0.25, 0.3) is 0 Å². The van der Waals surface area contributed by atoms with Crippen LogP contribution in [0.4, 0.5) is 4.39 Å². The number of alkyl halides is 1. The predicted molar refractivity (Wildman–Crippen MR) is 87.4 cm³/mol. The number of benzene rings is 1. The third kappa shape index (κ3) is 5.08. The molecule has 0 aliphatic carbocycles. The van der Waals surface area contributed by atoms with Crippen molar-refractivity contribution in [3.05, 3.63) is 34.4 Å². The molecule has 3 heteroatoms. The van der Waals surface area contributed by atoms with E-state index in [9.17, 15) is 9.50 Å². The van der Waals surface area contributed by atoms with Crippen molar-refractivity contribution < 1.29 is 9.50 Å². The number of hydrogen-bond acceptors (Lipinski definition) is 2.